The van der Waals surface area contributed by atoms with Gasteiger partial charge >= 0.3 is 0 Å². The van der Waals surface area contributed by atoms with Crippen LogP contribution in [0.1, 0.15) is 48.2 Å². The summed E-state index contributed by atoms with van der Waals surface area (Å²) < 4.78 is 0. The van der Waals surface area contributed by atoms with Crippen LogP contribution in [-0.4, -0.2) is 41.3 Å². The molecular weight excluding hydrogens is 302 g/mol. The number of carbonyl (C=O) groups excluding carboxylic acids is 2. The van der Waals surface area contributed by atoms with Crippen LogP contribution in [0, 0.1) is 24.2 Å². The van der Waals surface area contributed by atoms with Gasteiger partial charge in [0.1, 0.15) is 5.69 Å². The Labute approximate surface area is 142 Å². The molecule has 4 rings (SSSR count). The van der Waals surface area contributed by atoms with Gasteiger partial charge in [0.2, 0.25) is 5.91 Å². The lowest BCUT2D eigenvalue weighted by Gasteiger charge is -2.41. The fourth-order valence-corrected chi connectivity index (χ4v) is 4.17. The average molecular weight is 327 g/mol. The lowest BCUT2D eigenvalue weighted by Crippen LogP contribution is -2.45. The van der Waals surface area contributed by atoms with Gasteiger partial charge in [-0.1, -0.05) is 12.5 Å². The number of nitrogens with one attached hydrogen (secondary N) is 1. The van der Waals surface area contributed by atoms with Gasteiger partial charge in [-0.15, -0.1) is 0 Å². The van der Waals surface area contributed by atoms with Crippen molar-refractivity contribution in [3.63, 3.8) is 0 Å². The van der Waals surface area contributed by atoms with Gasteiger partial charge in [0.15, 0.2) is 0 Å². The van der Waals surface area contributed by atoms with E-state index in [-0.39, 0.29) is 23.1 Å². The standard InChI is InChI=1S/C19H25N3O2/c1-13-4-2-9-20-16(13)18(24)22-11-15(19(12-22)7-3-8-19)17(23)21-10-14-5-6-14/h2,4,9,14-15H,3,5-8,10-12H2,1H3,(H,21,23). The summed E-state index contributed by atoms with van der Waals surface area (Å²) in [4.78, 5) is 31.7. The van der Waals surface area contributed by atoms with Crippen molar-refractivity contribution in [3.8, 4) is 0 Å². The van der Waals surface area contributed by atoms with Crippen molar-refractivity contribution in [3.05, 3.63) is 29.6 Å². The highest BCUT2D eigenvalue weighted by Gasteiger charge is 2.54. The van der Waals surface area contributed by atoms with Crippen molar-refractivity contribution in [2.45, 2.75) is 39.0 Å². The summed E-state index contributed by atoms with van der Waals surface area (Å²) in [6.45, 7) is 3.95. The smallest absolute Gasteiger partial charge is 0.272 e. The maximum absolute atomic E-state index is 12.9. The van der Waals surface area contributed by atoms with Crippen LogP contribution in [0.2, 0.25) is 0 Å². The molecule has 1 aliphatic heterocycles. The van der Waals surface area contributed by atoms with Crippen molar-refractivity contribution in [1.29, 1.82) is 0 Å². The highest BCUT2D eigenvalue weighted by atomic mass is 16.2. The second-order valence-electron chi connectivity index (χ2n) is 7.81. The van der Waals surface area contributed by atoms with Crippen LogP contribution >= 0.6 is 0 Å². The topological polar surface area (TPSA) is 62.3 Å². The normalized spacial score (nSPS) is 24.7. The van der Waals surface area contributed by atoms with E-state index < -0.39 is 0 Å². The molecule has 0 radical (unpaired) electrons. The monoisotopic (exact) mass is 327 g/mol. The summed E-state index contributed by atoms with van der Waals surface area (Å²) in [6, 6.07) is 3.76. The van der Waals surface area contributed by atoms with Gasteiger partial charge in [-0.2, -0.15) is 0 Å². The van der Waals surface area contributed by atoms with Gasteiger partial charge in [-0.3, -0.25) is 14.6 Å². The largest absolute Gasteiger partial charge is 0.356 e. The van der Waals surface area contributed by atoms with Gasteiger partial charge in [0, 0.05) is 31.2 Å². The third-order valence-corrected chi connectivity index (χ3v) is 6.07. The molecular formula is C19H25N3O2. The minimum atomic E-state index is -0.0574. The third-order valence-electron chi connectivity index (χ3n) is 6.07. The Hall–Kier alpha value is -1.91. The zero-order valence-electron chi connectivity index (χ0n) is 14.3. The van der Waals surface area contributed by atoms with Crippen molar-refractivity contribution in [1.82, 2.24) is 15.2 Å². The molecule has 3 fully saturated rings. The van der Waals surface area contributed by atoms with Crippen molar-refractivity contribution >= 4 is 11.8 Å². The Morgan fingerprint density at radius 1 is 1.38 bits per heavy atom. The Bertz CT molecular complexity index is 664. The third kappa shape index (κ3) is 2.70. The van der Waals surface area contributed by atoms with Crippen molar-refractivity contribution < 1.29 is 9.59 Å². The molecule has 1 unspecified atom stereocenters. The summed E-state index contributed by atoms with van der Waals surface area (Å²) in [5.74, 6) is 0.742. The van der Waals surface area contributed by atoms with Gasteiger partial charge in [0.25, 0.3) is 5.91 Å². The number of likely N-dealkylation sites (tertiary alicyclic amines) is 1. The summed E-state index contributed by atoms with van der Waals surface area (Å²) in [6.07, 6.45) is 7.41. The number of amides is 2. The number of nitrogens with zero attached hydrogens (tertiary/aromatic N) is 2. The van der Waals surface area contributed by atoms with E-state index in [0.717, 1.165) is 31.4 Å². The van der Waals surface area contributed by atoms with Crippen LogP contribution in [0.3, 0.4) is 0 Å². The van der Waals surface area contributed by atoms with Crippen LogP contribution in [0.4, 0.5) is 0 Å². The highest BCUT2D eigenvalue weighted by Crippen LogP contribution is 2.52. The Morgan fingerprint density at radius 2 is 2.17 bits per heavy atom. The van der Waals surface area contributed by atoms with Crippen LogP contribution in [-0.2, 0) is 4.79 Å². The number of hydrogen-bond acceptors (Lipinski definition) is 3. The van der Waals surface area contributed by atoms with E-state index in [2.05, 4.69) is 10.3 Å². The van der Waals surface area contributed by atoms with Gasteiger partial charge < -0.3 is 10.2 Å². The molecule has 5 nitrogen and oxygen atoms in total. The number of pyridine rings is 1. The quantitative estimate of drug-likeness (QED) is 0.922. The van der Waals surface area contributed by atoms with Gasteiger partial charge in [0.05, 0.1) is 5.92 Å². The van der Waals surface area contributed by atoms with E-state index in [1.165, 1.54) is 12.8 Å². The molecule has 24 heavy (non-hydrogen) atoms. The van der Waals surface area contributed by atoms with Gasteiger partial charge in [-0.05, 0) is 50.2 Å². The molecule has 1 saturated heterocycles. The molecule has 3 aliphatic rings. The number of rotatable bonds is 4. The Kier molecular flexibility index (Phi) is 3.82. The van der Waals surface area contributed by atoms with E-state index in [9.17, 15) is 9.59 Å². The van der Waals surface area contributed by atoms with Crippen molar-refractivity contribution in [2.75, 3.05) is 19.6 Å². The summed E-state index contributed by atoms with van der Waals surface area (Å²) >= 11 is 0. The zero-order valence-corrected chi connectivity index (χ0v) is 14.3. The van der Waals surface area contributed by atoms with E-state index in [1.54, 1.807) is 6.20 Å². The first-order valence-electron chi connectivity index (χ1n) is 9.08. The second-order valence-corrected chi connectivity index (χ2v) is 7.81. The van der Waals surface area contributed by atoms with Crippen LogP contribution < -0.4 is 5.32 Å². The maximum atomic E-state index is 12.9. The SMILES string of the molecule is Cc1cccnc1C(=O)N1CC(C(=O)NCC2CC2)C2(CCC2)C1. The maximum Gasteiger partial charge on any atom is 0.272 e. The zero-order chi connectivity index (χ0) is 16.7. The van der Waals surface area contributed by atoms with E-state index in [4.69, 9.17) is 0 Å². The molecule has 5 heteroatoms. The van der Waals surface area contributed by atoms with Crippen LogP contribution in [0.15, 0.2) is 18.3 Å². The Balaban J connectivity index is 1.49. The Morgan fingerprint density at radius 3 is 2.79 bits per heavy atom. The number of carbonyl (C=O) groups is 2. The van der Waals surface area contributed by atoms with E-state index >= 15 is 0 Å². The molecule has 2 saturated carbocycles. The molecule has 1 aromatic heterocycles. The van der Waals surface area contributed by atoms with Crippen molar-refractivity contribution in [2.24, 2.45) is 17.3 Å². The number of aryl methyl sites for hydroxylation is 1. The molecule has 128 valence electrons. The minimum absolute atomic E-state index is 0.00593. The number of hydrogen-bond donors (Lipinski definition) is 1. The first-order valence-corrected chi connectivity index (χ1v) is 9.08. The number of aromatic nitrogens is 1. The van der Waals surface area contributed by atoms with Gasteiger partial charge in [-0.25, -0.2) is 0 Å². The molecule has 2 amide bonds. The molecule has 0 bridgehead atoms. The molecule has 1 aromatic rings. The van der Waals surface area contributed by atoms with Crippen LogP contribution in [0.5, 0.6) is 0 Å². The summed E-state index contributed by atoms with van der Waals surface area (Å²) in [5, 5.41) is 3.13. The van der Waals surface area contributed by atoms with Crippen LogP contribution in [0.25, 0.3) is 0 Å². The second kappa shape index (κ2) is 5.87. The predicted molar refractivity (Wildman–Crippen MR) is 90.4 cm³/mol. The van der Waals surface area contributed by atoms with E-state index in [0.29, 0.717) is 24.7 Å². The molecule has 1 N–H and O–H groups in total. The van der Waals surface area contributed by atoms with E-state index in [1.807, 2.05) is 24.0 Å². The fraction of sp³-hybridized carbons (Fsp3) is 0.632. The lowest BCUT2D eigenvalue weighted by atomic mass is 9.62. The molecule has 1 spiro atoms. The summed E-state index contributed by atoms with van der Waals surface area (Å²) in [5.41, 5.74) is 1.42. The minimum Gasteiger partial charge on any atom is -0.356 e. The first-order chi connectivity index (χ1) is 11.6. The lowest BCUT2D eigenvalue weighted by molar-refractivity contribution is -0.129. The molecule has 1 atom stereocenters. The highest BCUT2D eigenvalue weighted by molar-refractivity contribution is 5.94. The fourth-order valence-electron chi connectivity index (χ4n) is 4.17. The predicted octanol–water partition coefficient (Wildman–Crippen LogP) is 2.16. The molecule has 2 heterocycles. The molecule has 2 aliphatic carbocycles. The summed E-state index contributed by atoms with van der Waals surface area (Å²) in [7, 11) is 0. The first kappa shape index (κ1) is 15.6. The molecule has 0 aromatic carbocycles. The average Bonchev–Trinajstić information content (AvgIpc) is 3.28.